The van der Waals surface area contributed by atoms with E-state index in [0.717, 1.165) is 27.9 Å². The monoisotopic (exact) mass is 422 g/mol. The molecule has 0 saturated carbocycles. The van der Waals surface area contributed by atoms with Gasteiger partial charge in [-0.25, -0.2) is 4.79 Å². The lowest BCUT2D eigenvalue weighted by Gasteiger charge is -2.21. The van der Waals surface area contributed by atoms with Crippen molar-refractivity contribution in [2.75, 3.05) is 26.6 Å². The van der Waals surface area contributed by atoms with Crippen LogP contribution in [0.2, 0.25) is 0 Å². The summed E-state index contributed by atoms with van der Waals surface area (Å²) in [7, 11) is 4.45. The van der Waals surface area contributed by atoms with E-state index in [1.54, 1.807) is 26.5 Å². The number of carbonyl (C=O) groups is 1. The lowest BCUT2D eigenvalue weighted by molar-refractivity contribution is 0.187. The van der Waals surface area contributed by atoms with Crippen molar-refractivity contribution in [2.24, 2.45) is 0 Å². The fraction of sp³-hybridized carbons (Fsp3) is 0.250. The number of aromatic nitrogens is 1. The van der Waals surface area contributed by atoms with E-state index >= 15 is 0 Å². The number of amides is 1. The SMILES string of the molecule is COC(=O)Nc1cnc(C)c(C)c1-c1ccc(OC)c(OC)c1OCc1ccccc1. The summed E-state index contributed by atoms with van der Waals surface area (Å²) in [6.45, 7) is 4.18. The second kappa shape index (κ2) is 9.84. The molecule has 3 aromatic rings. The minimum atomic E-state index is -0.585. The van der Waals surface area contributed by atoms with Crippen LogP contribution in [0.15, 0.2) is 48.7 Å². The molecular formula is C24H26N2O5. The minimum absolute atomic E-state index is 0.334. The van der Waals surface area contributed by atoms with Crippen LogP contribution >= 0.6 is 0 Å². The van der Waals surface area contributed by atoms with Crippen LogP contribution < -0.4 is 19.5 Å². The average molecular weight is 422 g/mol. The van der Waals surface area contributed by atoms with Gasteiger partial charge in [0.25, 0.3) is 0 Å². The number of benzene rings is 2. The van der Waals surface area contributed by atoms with E-state index in [4.69, 9.17) is 18.9 Å². The second-order valence-corrected chi connectivity index (χ2v) is 6.83. The zero-order chi connectivity index (χ0) is 22.4. The molecule has 1 heterocycles. The zero-order valence-electron chi connectivity index (χ0n) is 18.3. The predicted octanol–water partition coefficient (Wildman–Crippen LogP) is 5.14. The number of rotatable bonds is 7. The maximum absolute atomic E-state index is 11.9. The molecule has 0 fully saturated rings. The van der Waals surface area contributed by atoms with Gasteiger partial charge in [0.05, 0.1) is 33.2 Å². The van der Waals surface area contributed by atoms with E-state index < -0.39 is 6.09 Å². The number of aryl methyl sites for hydroxylation is 1. The highest BCUT2D eigenvalue weighted by Gasteiger charge is 2.23. The topological polar surface area (TPSA) is 78.9 Å². The molecule has 1 N–H and O–H groups in total. The first kappa shape index (κ1) is 22.0. The maximum atomic E-state index is 11.9. The Balaban J connectivity index is 2.19. The number of carbonyl (C=O) groups excluding carboxylic acids is 1. The van der Waals surface area contributed by atoms with E-state index in [9.17, 15) is 4.79 Å². The zero-order valence-corrected chi connectivity index (χ0v) is 18.3. The molecule has 2 aromatic carbocycles. The normalized spacial score (nSPS) is 10.4. The van der Waals surface area contributed by atoms with Gasteiger partial charge in [0.15, 0.2) is 11.5 Å². The Hall–Kier alpha value is -3.74. The number of anilines is 1. The Morgan fingerprint density at radius 3 is 2.35 bits per heavy atom. The predicted molar refractivity (Wildman–Crippen MR) is 119 cm³/mol. The summed E-state index contributed by atoms with van der Waals surface area (Å²) in [5, 5.41) is 2.74. The van der Waals surface area contributed by atoms with E-state index in [-0.39, 0.29) is 0 Å². The first-order chi connectivity index (χ1) is 15.0. The van der Waals surface area contributed by atoms with Crippen molar-refractivity contribution in [2.45, 2.75) is 20.5 Å². The van der Waals surface area contributed by atoms with Gasteiger partial charge in [-0.3, -0.25) is 10.3 Å². The summed E-state index contributed by atoms with van der Waals surface area (Å²) in [6, 6.07) is 13.5. The third kappa shape index (κ3) is 4.71. The molecule has 0 saturated heterocycles. The van der Waals surface area contributed by atoms with Gasteiger partial charge in [0.2, 0.25) is 5.75 Å². The van der Waals surface area contributed by atoms with Gasteiger partial charge >= 0.3 is 6.09 Å². The standard InChI is InChI=1S/C24H26N2O5/c1-15-16(2)25-13-19(26-24(27)30-5)21(15)18-11-12-20(28-3)23(29-4)22(18)31-14-17-9-7-6-8-10-17/h6-13H,14H2,1-5H3,(H,26,27). The Morgan fingerprint density at radius 1 is 0.968 bits per heavy atom. The third-order valence-electron chi connectivity index (χ3n) is 4.99. The maximum Gasteiger partial charge on any atom is 0.411 e. The molecule has 3 rings (SSSR count). The molecule has 0 unspecified atom stereocenters. The van der Waals surface area contributed by atoms with Crippen molar-refractivity contribution in [3.05, 3.63) is 65.5 Å². The number of nitrogens with zero attached hydrogens (tertiary/aromatic N) is 1. The first-order valence-corrected chi connectivity index (χ1v) is 9.73. The van der Waals surface area contributed by atoms with Gasteiger partial charge in [0.1, 0.15) is 6.61 Å². The van der Waals surface area contributed by atoms with Gasteiger partial charge in [-0.15, -0.1) is 0 Å². The largest absolute Gasteiger partial charge is 0.493 e. The van der Waals surface area contributed by atoms with Crippen LogP contribution in [0.5, 0.6) is 17.2 Å². The fourth-order valence-electron chi connectivity index (χ4n) is 3.28. The van der Waals surface area contributed by atoms with E-state index in [0.29, 0.717) is 29.5 Å². The Labute approximate surface area is 181 Å². The van der Waals surface area contributed by atoms with Crippen LogP contribution in [0, 0.1) is 13.8 Å². The smallest absolute Gasteiger partial charge is 0.411 e. The van der Waals surface area contributed by atoms with Crippen molar-refractivity contribution in [3.8, 4) is 28.4 Å². The molecular weight excluding hydrogens is 396 g/mol. The quantitative estimate of drug-likeness (QED) is 0.568. The third-order valence-corrected chi connectivity index (χ3v) is 4.99. The van der Waals surface area contributed by atoms with Crippen molar-refractivity contribution in [1.82, 2.24) is 4.98 Å². The molecule has 0 aliphatic carbocycles. The van der Waals surface area contributed by atoms with E-state index in [2.05, 4.69) is 10.3 Å². The van der Waals surface area contributed by atoms with Crippen molar-refractivity contribution < 1.29 is 23.7 Å². The van der Waals surface area contributed by atoms with E-state index in [1.165, 1.54) is 7.11 Å². The summed E-state index contributed by atoms with van der Waals surface area (Å²) >= 11 is 0. The molecule has 162 valence electrons. The molecule has 31 heavy (non-hydrogen) atoms. The average Bonchev–Trinajstić information content (AvgIpc) is 2.80. The lowest BCUT2D eigenvalue weighted by atomic mass is 9.97. The highest BCUT2D eigenvalue weighted by Crippen LogP contribution is 2.47. The highest BCUT2D eigenvalue weighted by atomic mass is 16.5. The van der Waals surface area contributed by atoms with Gasteiger partial charge in [0, 0.05) is 16.8 Å². The molecule has 0 aliphatic rings. The van der Waals surface area contributed by atoms with Gasteiger partial charge < -0.3 is 18.9 Å². The molecule has 0 spiro atoms. The Morgan fingerprint density at radius 2 is 1.71 bits per heavy atom. The summed E-state index contributed by atoms with van der Waals surface area (Å²) in [4.78, 5) is 16.3. The van der Waals surface area contributed by atoms with Gasteiger partial charge in [-0.05, 0) is 37.1 Å². The van der Waals surface area contributed by atoms with Crippen molar-refractivity contribution in [3.63, 3.8) is 0 Å². The number of hydrogen-bond donors (Lipinski definition) is 1. The molecule has 7 nitrogen and oxygen atoms in total. The van der Waals surface area contributed by atoms with E-state index in [1.807, 2.05) is 50.2 Å². The van der Waals surface area contributed by atoms with Crippen LogP contribution in [0.1, 0.15) is 16.8 Å². The summed E-state index contributed by atoms with van der Waals surface area (Å²) in [5.74, 6) is 1.52. The fourth-order valence-corrected chi connectivity index (χ4v) is 3.28. The number of methoxy groups -OCH3 is 3. The van der Waals surface area contributed by atoms with Crippen LogP contribution in [0.4, 0.5) is 10.5 Å². The molecule has 0 bridgehead atoms. The number of hydrogen-bond acceptors (Lipinski definition) is 6. The second-order valence-electron chi connectivity index (χ2n) is 6.83. The van der Waals surface area contributed by atoms with Gasteiger partial charge in [-0.1, -0.05) is 30.3 Å². The van der Waals surface area contributed by atoms with Crippen LogP contribution in [-0.4, -0.2) is 32.4 Å². The van der Waals surface area contributed by atoms with Crippen LogP contribution in [0.25, 0.3) is 11.1 Å². The molecule has 0 atom stereocenters. The molecule has 1 aromatic heterocycles. The molecule has 1 amide bonds. The van der Waals surface area contributed by atoms with Crippen LogP contribution in [0.3, 0.4) is 0 Å². The number of ether oxygens (including phenoxy) is 4. The summed E-state index contributed by atoms with van der Waals surface area (Å²) in [6.07, 6.45) is 1.02. The summed E-state index contributed by atoms with van der Waals surface area (Å²) in [5.41, 5.74) is 4.74. The van der Waals surface area contributed by atoms with Crippen LogP contribution in [-0.2, 0) is 11.3 Å². The molecule has 0 aliphatic heterocycles. The summed E-state index contributed by atoms with van der Waals surface area (Å²) < 4.78 is 22.2. The Bertz CT molecular complexity index is 1070. The van der Waals surface area contributed by atoms with Gasteiger partial charge in [-0.2, -0.15) is 0 Å². The van der Waals surface area contributed by atoms with Crippen molar-refractivity contribution >= 4 is 11.8 Å². The molecule has 0 radical (unpaired) electrons. The number of nitrogens with one attached hydrogen (secondary N) is 1. The lowest BCUT2D eigenvalue weighted by Crippen LogP contribution is -2.13. The van der Waals surface area contributed by atoms with Crippen molar-refractivity contribution in [1.29, 1.82) is 0 Å². The minimum Gasteiger partial charge on any atom is -0.493 e. The number of pyridine rings is 1. The first-order valence-electron chi connectivity index (χ1n) is 9.73. The highest BCUT2D eigenvalue weighted by molar-refractivity contribution is 5.94. The Kier molecular flexibility index (Phi) is 6.97. The molecule has 7 heteroatoms.